The van der Waals surface area contributed by atoms with E-state index in [4.69, 9.17) is 22.1 Å². The first-order chi connectivity index (χ1) is 7.65. The second kappa shape index (κ2) is 6.51. The molecule has 0 heterocycles. The highest BCUT2D eigenvalue weighted by molar-refractivity contribution is 6.31. The van der Waals surface area contributed by atoms with Crippen LogP contribution in [0.15, 0.2) is 24.3 Å². The highest BCUT2D eigenvalue weighted by Crippen LogP contribution is 2.23. The van der Waals surface area contributed by atoms with Crippen LogP contribution in [0.3, 0.4) is 0 Å². The molecule has 1 rings (SSSR count). The number of hydrogen-bond acceptors (Lipinski definition) is 3. The number of esters is 1. The second-order valence-corrected chi connectivity index (χ2v) is 3.96. The standard InChI is InChI=1S/C12H16ClNO2/c1-2-7-16-12(15)8-11(14)9-5-3-4-6-10(9)13/h3-6,11H,2,7-8,14H2,1H3. The van der Waals surface area contributed by atoms with Gasteiger partial charge in [0.15, 0.2) is 0 Å². The molecule has 0 aliphatic carbocycles. The van der Waals surface area contributed by atoms with Gasteiger partial charge in [-0.2, -0.15) is 0 Å². The molecule has 0 radical (unpaired) electrons. The molecule has 16 heavy (non-hydrogen) atoms. The van der Waals surface area contributed by atoms with Gasteiger partial charge in [-0.05, 0) is 18.1 Å². The Labute approximate surface area is 101 Å². The van der Waals surface area contributed by atoms with Crippen molar-refractivity contribution in [2.45, 2.75) is 25.8 Å². The van der Waals surface area contributed by atoms with Crippen LogP contribution in [-0.4, -0.2) is 12.6 Å². The highest BCUT2D eigenvalue weighted by Gasteiger charge is 2.14. The van der Waals surface area contributed by atoms with Crippen molar-refractivity contribution in [1.29, 1.82) is 0 Å². The number of rotatable bonds is 5. The lowest BCUT2D eigenvalue weighted by Crippen LogP contribution is -2.17. The number of nitrogens with two attached hydrogens (primary N) is 1. The van der Waals surface area contributed by atoms with Crippen molar-refractivity contribution in [2.24, 2.45) is 5.73 Å². The molecule has 4 heteroatoms. The number of halogens is 1. The first-order valence-electron chi connectivity index (χ1n) is 5.30. The molecule has 1 unspecified atom stereocenters. The van der Waals surface area contributed by atoms with Crippen LogP contribution in [0.4, 0.5) is 0 Å². The van der Waals surface area contributed by atoms with E-state index in [0.717, 1.165) is 12.0 Å². The smallest absolute Gasteiger partial charge is 0.307 e. The Morgan fingerprint density at radius 1 is 1.50 bits per heavy atom. The van der Waals surface area contributed by atoms with Gasteiger partial charge in [0.25, 0.3) is 0 Å². The average Bonchev–Trinajstić information content (AvgIpc) is 2.26. The predicted molar refractivity (Wildman–Crippen MR) is 64.2 cm³/mol. The van der Waals surface area contributed by atoms with E-state index in [1.807, 2.05) is 25.1 Å². The van der Waals surface area contributed by atoms with Gasteiger partial charge in [0.2, 0.25) is 0 Å². The summed E-state index contributed by atoms with van der Waals surface area (Å²) in [6.07, 6.45) is 0.969. The molecule has 88 valence electrons. The van der Waals surface area contributed by atoms with Gasteiger partial charge in [0.05, 0.1) is 13.0 Å². The van der Waals surface area contributed by atoms with Crippen LogP contribution in [0.25, 0.3) is 0 Å². The molecule has 3 nitrogen and oxygen atoms in total. The quantitative estimate of drug-likeness (QED) is 0.807. The van der Waals surface area contributed by atoms with Crippen LogP contribution in [0, 0.1) is 0 Å². The second-order valence-electron chi connectivity index (χ2n) is 3.55. The van der Waals surface area contributed by atoms with E-state index in [2.05, 4.69) is 0 Å². The zero-order chi connectivity index (χ0) is 12.0. The van der Waals surface area contributed by atoms with E-state index >= 15 is 0 Å². The van der Waals surface area contributed by atoms with Crippen LogP contribution >= 0.6 is 11.6 Å². The lowest BCUT2D eigenvalue weighted by Gasteiger charge is -2.12. The molecule has 1 aromatic rings. The van der Waals surface area contributed by atoms with Crippen molar-refractivity contribution >= 4 is 17.6 Å². The molecule has 0 saturated carbocycles. The molecule has 0 saturated heterocycles. The van der Waals surface area contributed by atoms with Crippen LogP contribution in [-0.2, 0) is 9.53 Å². The number of benzene rings is 1. The van der Waals surface area contributed by atoms with Crippen molar-refractivity contribution in [2.75, 3.05) is 6.61 Å². The largest absolute Gasteiger partial charge is 0.466 e. The first kappa shape index (κ1) is 13.0. The SMILES string of the molecule is CCCOC(=O)CC(N)c1ccccc1Cl. The molecule has 0 aliphatic rings. The van der Waals surface area contributed by atoms with Crippen molar-refractivity contribution in [3.63, 3.8) is 0 Å². The number of carbonyl (C=O) groups is 1. The molecular weight excluding hydrogens is 226 g/mol. The maximum absolute atomic E-state index is 11.4. The van der Waals surface area contributed by atoms with E-state index in [9.17, 15) is 4.79 Å². The number of ether oxygens (including phenoxy) is 1. The summed E-state index contributed by atoms with van der Waals surface area (Å²) in [6.45, 7) is 2.38. The molecule has 0 aliphatic heterocycles. The normalized spacial score (nSPS) is 12.2. The van der Waals surface area contributed by atoms with Gasteiger partial charge in [0, 0.05) is 11.1 Å². The maximum atomic E-state index is 11.4. The van der Waals surface area contributed by atoms with Gasteiger partial charge in [-0.1, -0.05) is 36.7 Å². The van der Waals surface area contributed by atoms with Gasteiger partial charge in [-0.25, -0.2) is 0 Å². The van der Waals surface area contributed by atoms with E-state index in [1.165, 1.54) is 0 Å². The minimum Gasteiger partial charge on any atom is -0.466 e. The summed E-state index contributed by atoms with van der Waals surface area (Å²) in [5.41, 5.74) is 6.66. The topological polar surface area (TPSA) is 52.3 Å². The van der Waals surface area contributed by atoms with Gasteiger partial charge in [-0.15, -0.1) is 0 Å². The fraction of sp³-hybridized carbons (Fsp3) is 0.417. The third-order valence-electron chi connectivity index (χ3n) is 2.16. The fourth-order valence-corrected chi connectivity index (χ4v) is 1.62. The third kappa shape index (κ3) is 3.83. The molecule has 0 fully saturated rings. The first-order valence-corrected chi connectivity index (χ1v) is 5.68. The summed E-state index contributed by atoms with van der Waals surface area (Å²) in [4.78, 5) is 11.4. The third-order valence-corrected chi connectivity index (χ3v) is 2.50. The van der Waals surface area contributed by atoms with Crippen molar-refractivity contribution in [1.82, 2.24) is 0 Å². The number of carbonyl (C=O) groups excluding carboxylic acids is 1. The summed E-state index contributed by atoms with van der Waals surface area (Å²) < 4.78 is 4.96. The van der Waals surface area contributed by atoms with Crippen LogP contribution in [0.2, 0.25) is 5.02 Å². The number of hydrogen-bond donors (Lipinski definition) is 1. The predicted octanol–water partition coefficient (Wildman–Crippen LogP) is 2.68. The minimum absolute atomic E-state index is 0.156. The summed E-state index contributed by atoms with van der Waals surface area (Å²) in [5.74, 6) is -0.283. The molecule has 0 bridgehead atoms. The highest BCUT2D eigenvalue weighted by atomic mass is 35.5. The Kier molecular flexibility index (Phi) is 5.29. The summed E-state index contributed by atoms with van der Waals surface area (Å²) in [5, 5.41) is 0.582. The Bertz CT molecular complexity index is 355. The van der Waals surface area contributed by atoms with Gasteiger partial charge in [0.1, 0.15) is 0 Å². The van der Waals surface area contributed by atoms with Crippen LogP contribution in [0.5, 0.6) is 0 Å². The molecule has 1 atom stereocenters. The van der Waals surface area contributed by atoms with E-state index in [0.29, 0.717) is 11.6 Å². The molecule has 2 N–H and O–H groups in total. The van der Waals surface area contributed by atoms with Gasteiger partial charge in [-0.3, -0.25) is 4.79 Å². The molecular formula is C12H16ClNO2. The van der Waals surface area contributed by atoms with Crippen molar-refractivity contribution in [3.8, 4) is 0 Å². The molecule has 0 amide bonds. The average molecular weight is 242 g/mol. The van der Waals surface area contributed by atoms with E-state index in [-0.39, 0.29) is 12.4 Å². The van der Waals surface area contributed by atoms with Crippen molar-refractivity contribution in [3.05, 3.63) is 34.9 Å². The van der Waals surface area contributed by atoms with Crippen LogP contribution < -0.4 is 5.73 Å². The Hall–Kier alpha value is -1.06. The lowest BCUT2D eigenvalue weighted by molar-refractivity contribution is -0.144. The molecule has 0 aromatic heterocycles. The molecule has 1 aromatic carbocycles. The summed E-state index contributed by atoms with van der Waals surface area (Å²) in [7, 11) is 0. The zero-order valence-electron chi connectivity index (χ0n) is 9.28. The van der Waals surface area contributed by atoms with Gasteiger partial charge >= 0.3 is 5.97 Å². The Morgan fingerprint density at radius 2 is 2.19 bits per heavy atom. The van der Waals surface area contributed by atoms with Crippen molar-refractivity contribution < 1.29 is 9.53 Å². The summed E-state index contributed by atoms with van der Waals surface area (Å²) >= 11 is 5.97. The fourth-order valence-electron chi connectivity index (χ4n) is 1.34. The lowest BCUT2D eigenvalue weighted by atomic mass is 10.1. The Balaban J connectivity index is 2.55. The maximum Gasteiger partial charge on any atom is 0.307 e. The Morgan fingerprint density at radius 3 is 2.81 bits per heavy atom. The van der Waals surface area contributed by atoms with Crippen LogP contribution in [0.1, 0.15) is 31.4 Å². The van der Waals surface area contributed by atoms with Gasteiger partial charge < -0.3 is 10.5 Å². The zero-order valence-corrected chi connectivity index (χ0v) is 10.0. The molecule has 0 spiro atoms. The van der Waals surface area contributed by atoms with E-state index < -0.39 is 6.04 Å². The van der Waals surface area contributed by atoms with E-state index in [1.54, 1.807) is 6.07 Å². The minimum atomic E-state index is -0.405. The monoisotopic (exact) mass is 241 g/mol. The summed E-state index contributed by atoms with van der Waals surface area (Å²) in [6, 6.07) is 6.85.